The SMILES string of the molecule is CC1C(S[C@H]2C[C@@H](C(=O)N3CC[C@@H](NC(=O)OCc4ccc([N+](=O)[O-])cc4)C3)N(C(=O)OCc3ccc([N+](=O)[O-])cc3)C2)=C(C(=O)OCc2ccc([N+](=O)[O-])cc2)N2C(=O)C([C@@H](C)NC(=O)Cn3cnnn3)C12. The first-order chi connectivity index (χ1) is 34.9. The fourth-order valence-electron chi connectivity index (χ4n) is 9.21. The number of likely N-dealkylation sites (tertiary alicyclic amines) is 2. The Labute approximate surface area is 417 Å². The van der Waals surface area contributed by atoms with E-state index in [1.54, 1.807) is 6.92 Å². The lowest BCUT2D eigenvalue weighted by Crippen LogP contribution is -2.66. The summed E-state index contributed by atoms with van der Waals surface area (Å²) >= 11 is 1.19. The number of amides is 5. The van der Waals surface area contributed by atoms with Gasteiger partial charge in [-0.15, -0.1) is 16.9 Å². The number of non-ortho nitro benzene ring substituents is 3. The molecule has 3 saturated heterocycles. The van der Waals surface area contributed by atoms with Crippen LogP contribution in [0, 0.1) is 42.2 Å². The molecule has 0 spiro atoms. The molecule has 3 aromatic carbocycles. The van der Waals surface area contributed by atoms with E-state index >= 15 is 0 Å². The molecule has 1 aromatic heterocycles. The summed E-state index contributed by atoms with van der Waals surface area (Å²) < 4.78 is 17.9. The predicted octanol–water partition coefficient (Wildman–Crippen LogP) is 3.37. The first kappa shape index (κ1) is 50.8. The summed E-state index contributed by atoms with van der Waals surface area (Å²) in [6.07, 6.45) is 0.00129. The van der Waals surface area contributed by atoms with Crippen molar-refractivity contribution < 1.29 is 57.7 Å². The highest BCUT2D eigenvalue weighted by atomic mass is 32.2. The van der Waals surface area contributed by atoms with E-state index in [0.29, 0.717) is 28.0 Å². The van der Waals surface area contributed by atoms with Crippen LogP contribution in [-0.4, -0.2) is 135 Å². The van der Waals surface area contributed by atoms with Crippen LogP contribution in [0.5, 0.6) is 0 Å². The number of tetrazole rings is 1. The van der Waals surface area contributed by atoms with E-state index in [-0.39, 0.29) is 75.2 Å². The molecule has 3 unspecified atom stereocenters. The molecule has 27 nitrogen and oxygen atoms in total. The molecule has 8 rings (SSSR count). The average Bonchev–Trinajstić information content (AvgIpc) is 4.19. The van der Waals surface area contributed by atoms with Gasteiger partial charge in [0.25, 0.3) is 17.1 Å². The number of esters is 1. The first-order valence-electron chi connectivity index (χ1n) is 22.7. The molecule has 2 N–H and O–H groups in total. The molecule has 28 heteroatoms. The zero-order chi connectivity index (χ0) is 52.1. The molecule has 382 valence electrons. The van der Waals surface area contributed by atoms with E-state index in [1.807, 2.05) is 6.92 Å². The maximum atomic E-state index is 14.5. The molecule has 4 aliphatic rings. The number of β-lactam (4-membered cyclic amide) rings is 1. The Morgan fingerprint density at radius 3 is 1.92 bits per heavy atom. The van der Waals surface area contributed by atoms with Crippen molar-refractivity contribution in [3.8, 4) is 0 Å². The number of hydrogen-bond acceptors (Lipinski definition) is 19. The first-order valence-corrected chi connectivity index (χ1v) is 23.6. The highest BCUT2D eigenvalue weighted by Crippen LogP contribution is 2.52. The molecule has 73 heavy (non-hydrogen) atoms. The number of aromatic nitrogens is 4. The zero-order valence-corrected chi connectivity index (χ0v) is 39.7. The van der Waals surface area contributed by atoms with Crippen molar-refractivity contribution in [1.82, 2.24) is 45.5 Å². The lowest BCUT2D eigenvalue weighted by atomic mass is 9.78. The molecule has 5 heterocycles. The number of ether oxygens (including phenoxy) is 3. The van der Waals surface area contributed by atoms with Gasteiger partial charge in [0.1, 0.15) is 44.4 Å². The van der Waals surface area contributed by atoms with Crippen molar-refractivity contribution in [2.75, 3.05) is 19.6 Å². The van der Waals surface area contributed by atoms with E-state index in [1.165, 1.54) is 110 Å². The van der Waals surface area contributed by atoms with E-state index < -0.39 is 91.9 Å². The van der Waals surface area contributed by atoms with Gasteiger partial charge < -0.3 is 34.6 Å². The number of nitrogens with one attached hydrogen (secondary N) is 2. The summed E-state index contributed by atoms with van der Waals surface area (Å²) in [7, 11) is 0. The van der Waals surface area contributed by atoms with E-state index in [9.17, 15) is 59.1 Å². The summed E-state index contributed by atoms with van der Waals surface area (Å²) in [5, 5.41) is 49.2. The minimum absolute atomic E-state index is 0.0506. The van der Waals surface area contributed by atoms with Gasteiger partial charge in [-0.25, -0.2) is 19.1 Å². The normalized spacial score (nSPS) is 21.5. The summed E-state index contributed by atoms with van der Waals surface area (Å²) in [6.45, 7) is 2.68. The highest BCUT2D eigenvalue weighted by Gasteiger charge is 2.61. The van der Waals surface area contributed by atoms with Gasteiger partial charge in [-0.2, -0.15) is 0 Å². The Morgan fingerprint density at radius 1 is 0.808 bits per heavy atom. The number of nitro groups is 3. The number of thioether (sulfide) groups is 1. The maximum absolute atomic E-state index is 14.5. The van der Waals surface area contributed by atoms with Crippen molar-refractivity contribution in [3.63, 3.8) is 0 Å². The van der Waals surface area contributed by atoms with Crippen LogP contribution in [0.1, 0.15) is 43.4 Å². The molecular weight excluding hydrogens is 981 g/mol. The summed E-state index contributed by atoms with van der Waals surface area (Å²) in [6, 6.07) is 13.3. The Morgan fingerprint density at radius 2 is 1.37 bits per heavy atom. The van der Waals surface area contributed by atoms with Crippen LogP contribution in [0.25, 0.3) is 0 Å². The standard InChI is InChI=1S/C45H46N12O15S/c1-25-38-37(26(2)47-36(58)20-52-24-46-49-50-52)42(60)54(38)39(43(61)70-21-27-3-9-31(10-4-27)55(64)65)40(25)73-34-17-35(53(19-34)45(63)72-23-29-7-13-33(14-8-29)57(68)69)41(59)51-16-15-30(18-51)48-44(62)71-22-28-5-11-32(12-6-28)56(66)67/h3-14,24-26,30,34-35,37-38H,15-23H2,1-2H3,(H,47,58)(H,48,62)/t25?,26-,30-,34+,35+,37?,38?/m1/s1. The largest absolute Gasteiger partial charge is 0.456 e. The number of carbonyl (C=O) groups excluding carboxylic acids is 6. The second-order valence-electron chi connectivity index (χ2n) is 17.6. The molecule has 4 aromatic rings. The van der Waals surface area contributed by atoms with Gasteiger partial charge >= 0.3 is 18.2 Å². The van der Waals surface area contributed by atoms with Crippen molar-refractivity contribution >= 4 is 64.7 Å². The summed E-state index contributed by atoms with van der Waals surface area (Å²) in [4.78, 5) is 119. The fraction of sp³-hybridized carbons (Fsp3) is 0.400. The molecule has 0 aliphatic carbocycles. The number of nitrogens with zero attached hydrogens (tertiary/aromatic N) is 10. The molecule has 3 fully saturated rings. The topological polar surface area (TPSA) is 337 Å². The summed E-state index contributed by atoms with van der Waals surface area (Å²) in [5.74, 6) is -3.58. The van der Waals surface area contributed by atoms with E-state index in [4.69, 9.17) is 14.2 Å². The van der Waals surface area contributed by atoms with Crippen LogP contribution >= 0.6 is 11.8 Å². The number of alkyl carbamates (subject to hydrolysis) is 1. The quantitative estimate of drug-likeness (QED) is 0.0474. The molecule has 7 atom stereocenters. The average molecular weight is 1030 g/mol. The zero-order valence-electron chi connectivity index (χ0n) is 38.9. The number of fused-ring (bicyclic) bond motifs is 1. The molecule has 0 radical (unpaired) electrons. The van der Waals surface area contributed by atoms with Gasteiger partial charge in [-0.1, -0.05) is 6.92 Å². The molecule has 0 bridgehead atoms. The molecule has 0 saturated carbocycles. The minimum Gasteiger partial charge on any atom is -0.456 e. The Kier molecular flexibility index (Phi) is 15.2. The monoisotopic (exact) mass is 1030 g/mol. The lowest BCUT2D eigenvalue weighted by Gasteiger charge is -2.47. The fourth-order valence-corrected chi connectivity index (χ4v) is 10.7. The molecule has 4 aliphatic heterocycles. The van der Waals surface area contributed by atoms with Gasteiger partial charge in [0.05, 0.1) is 32.8 Å². The van der Waals surface area contributed by atoms with Crippen molar-refractivity contribution in [3.05, 3.63) is 137 Å². The van der Waals surface area contributed by atoms with Crippen LogP contribution in [0.3, 0.4) is 0 Å². The van der Waals surface area contributed by atoms with Crippen molar-refractivity contribution in [2.45, 2.75) is 82.5 Å². The molecule has 5 amide bonds. The Hall–Kier alpha value is -8.56. The number of hydrogen-bond donors (Lipinski definition) is 2. The van der Waals surface area contributed by atoms with Crippen LogP contribution in [0.15, 0.2) is 89.7 Å². The third-order valence-electron chi connectivity index (χ3n) is 12.8. The van der Waals surface area contributed by atoms with Gasteiger partial charge in [-0.3, -0.25) is 49.6 Å². The maximum Gasteiger partial charge on any atom is 0.410 e. The van der Waals surface area contributed by atoms with Gasteiger partial charge in [0.2, 0.25) is 17.7 Å². The van der Waals surface area contributed by atoms with Gasteiger partial charge in [0.15, 0.2) is 0 Å². The number of nitro benzene ring substituents is 3. The highest BCUT2D eigenvalue weighted by molar-refractivity contribution is 8.03. The van der Waals surface area contributed by atoms with Gasteiger partial charge in [-0.05, 0) is 83.3 Å². The number of benzene rings is 3. The Balaban J connectivity index is 0.996. The molecular formula is C45H46N12O15S. The minimum atomic E-state index is -1.11. The smallest absolute Gasteiger partial charge is 0.410 e. The third kappa shape index (κ3) is 11.5. The van der Waals surface area contributed by atoms with Crippen molar-refractivity contribution in [2.24, 2.45) is 11.8 Å². The van der Waals surface area contributed by atoms with Gasteiger partial charge in [0, 0.05) is 78.1 Å². The summed E-state index contributed by atoms with van der Waals surface area (Å²) in [5.41, 5.74) is 0.865. The van der Waals surface area contributed by atoms with Crippen LogP contribution in [0.2, 0.25) is 0 Å². The third-order valence-corrected chi connectivity index (χ3v) is 14.3. The lowest BCUT2D eigenvalue weighted by molar-refractivity contribution is -0.385. The van der Waals surface area contributed by atoms with E-state index in [2.05, 4.69) is 26.2 Å². The predicted molar refractivity (Wildman–Crippen MR) is 250 cm³/mol. The second kappa shape index (κ2) is 21.8. The Bertz CT molecular complexity index is 2830. The van der Waals surface area contributed by atoms with Crippen LogP contribution < -0.4 is 10.6 Å². The van der Waals surface area contributed by atoms with Crippen molar-refractivity contribution in [1.29, 1.82) is 0 Å². The van der Waals surface area contributed by atoms with Crippen LogP contribution in [0.4, 0.5) is 26.7 Å². The van der Waals surface area contributed by atoms with E-state index in [0.717, 1.165) is 0 Å². The number of carbonyl (C=O) groups is 6. The van der Waals surface area contributed by atoms with Crippen LogP contribution in [-0.2, 0) is 59.8 Å². The second-order valence-corrected chi connectivity index (χ2v) is 19.0. The number of rotatable bonds is 18.